The Kier molecular flexibility index (Phi) is 3.13. The number of rotatable bonds is 2. The lowest BCUT2D eigenvalue weighted by atomic mass is 10.1. The topological polar surface area (TPSA) is 83.1 Å². The Bertz CT molecular complexity index is 758. The van der Waals surface area contributed by atoms with Crippen LogP contribution in [0.4, 0.5) is 5.69 Å². The number of H-pyrrole nitrogens is 1. The van der Waals surface area contributed by atoms with Crippen LogP contribution in [-0.2, 0) is 9.59 Å². The molecule has 0 spiro atoms. The lowest BCUT2D eigenvalue weighted by Gasteiger charge is -2.17. The van der Waals surface area contributed by atoms with Gasteiger partial charge in [0, 0.05) is 24.5 Å². The number of aromatic nitrogens is 2. The van der Waals surface area contributed by atoms with Crippen LogP contribution in [0.1, 0.15) is 18.4 Å². The Balaban J connectivity index is 2.00. The highest BCUT2D eigenvalue weighted by atomic mass is 16.2. The number of imide groups is 1. The third-order valence-electron chi connectivity index (χ3n) is 3.46. The highest BCUT2D eigenvalue weighted by Crippen LogP contribution is 2.29. The summed E-state index contributed by atoms with van der Waals surface area (Å²) < 4.78 is 0. The van der Waals surface area contributed by atoms with Crippen LogP contribution < -0.4 is 10.5 Å². The molecule has 1 aliphatic heterocycles. The molecule has 6 heteroatoms. The van der Waals surface area contributed by atoms with Crippen molar-refractivity contribution >= 4 is 17.5 Å². The maximum absolute atomic E-state index is 11.8. The number of carbonyl (C=O) groups is 2. The van der Waals surface area contributed by atoms with Gasteiger partial charge in [-0.05, 0) is 30.7 Å². The molecule has 0 unspecified atom stereocenters. The highest BCUT2D eigenvalue weighted by Gasteiger charge is 2.31. The van der Waals surface area contributed by atoms with Crippen LogP contribution in [0.3, 0.4) is 0 Å². The lowest BCUT2D eigenvalue weighted by molar-refractivity contribution is -0.121. The van der Waals surface area contributed by atoms with Gasteiger partial charge in [0.2, 0.25) is 11.8 Å². The Morgan fingerprint density at radius 3 is 2.33 bits per heavy atom. The van der Waals surface area contributed by atoms with Crippen molar-refractivity contribution in [2.75, 3.05) is 4.90 Å². The Hall–Kier alpha value is -2.76. The Morgan fingerprint density at radius 1 is 1.05 bits per heavy atom. The molecule has 0 radical (unpaired) electrons. The predicted molar refractivity (Wildman–Crippen MR) is 76.8 cm³/mol. The molecule has 106 valence electrons. The molecule has 2 amide bonds. The van der Waals surface area contributed by atoms with Gasteiger partial charge in [0.1, 0.15) is 0 Å². The normalized spacial score (nSPS) is 14.8. The predicted octanol–water partition coefficient (Wildman–Crippen LogP) is 1.40. The average molecular weight is 283 g/mol. The minimum Gasteiger partial charge on any atom is -0.274 e. The number of benzene rings is 1. The molecule has 0 atom stereocenters. The summed E-state index contributed by atoms with van der Waals surface area (Å²) in [5.74, 6) is -0.337. The van der Waals surface area contributed by atoms with Crippen LogP contribution >= 0.6 is 0 Å². The second-order valence-corrected chi connectivity index (χ2v) is 4.93. The number of hydrogen-bond acceptors (Lipinski definition) is 4. The maximum atomic E-state index is 11.8. The SMILES string of the molecule is Cc1cc(-c2ccc(=O)[nH]n2)ccc1N1C(=O)CCC1=O. The van der Waals surface area contributed by atoms with Crippen molar-refractivity contribution in [1.29, 1.82) is 0 Å². The van der Waals surface area contributed by atoms with Crippen molar-refractivity contribution in [1.82, 2.24) is 10.2 Å². The van der Waals surface area contributed by atoms with Crippen molar-refractivity contribution in [2.45, 2.75) is 19.8 Å². The van der Waals surface area contributed by atoms with Crippen molar-refractivity contribution in [2.24, 2.45) is 0 Å². The van der Waals surface area contributed by atoms with Gasteiger partial charge in [-0.2, -0.15) is 5.10 Å². The first-order valence-electron chi connectivity index (χ1n) is 6.59. The van der Waals surface area contributed by atoms with Gasteiger partial charge >= 0.3 is 0 Å². The first-order chi connectivity index (χ1) is 10.1. The van der Waals surface area contributed by atoms with E-state index in [4.69, 9.17) is 0 Å². The summed E-state index contributed by atoms with van der Waals surface area (Å²) in [7, 11) is 0. The zero-order valence-corrected chi connectivity index (χ0v) is 11.4. The minimum atomic E-state index is -0.264. The van der Waals surface area contributed by atoms with Gasteiger partial charge in [0.05, 0.1) is 11.4 Å². The molecule has 1 fully saturated rings. The third kappa shape index (κ3) is 2.35. The molecule has 0 aliphatic carbocycles. The van der Waals surface area contributed by atoms with Crippen molar-refractivity contribution in [3.05, 3.63) is 46.2 Å². The fourth-order valence-electron chi connectivity index (χ4n) is 2.42. The summed E-state index contributed by atoms with van der Waals surface area (Å²) in [6.45, 7) is 1.84. The summed E-state index contributed by atoms with van der Waals surface area (Å²) in [5.41, 5.74) is 2.59. The van der Waals surface area contributed by atoms with Crippen LogP contribution in [0.5, 0.6) is 0 Å². The van der Waals surface area contributed by atoms with Gasteiger partial charge < -0.3 is 0 Å². The molecule has 3 rings (SSSR count). The number of hydrogen-bond donors (Lipinski definition) is 1. The molecule has 0 saturated carbocycles. The molecule has 1 aromatic carbocycles. The maximum Gasteiger partial charge on any atom is 0.264 e. The van der Waals surface area contributed by atoms with E-state index in [1.54, 1.807) is 18.2 Å². The largest absolute Gasteiger partial charge is 0.274 e. The number of aryl methyl sites for hydroxylation is 1. The van der Waals surface area contributed by atoms with Crippen LogP contribution in [0.15, 0.2) is 35.1 Å². The fourth-order valence-corrected chi connectivity index (χ4v) is 2.42. The molecule has 0 bridgehead atoms. The number of nitrogens with zero attached hydrogens (tertiary/aromatic N) is 2. The summed E-state index contributed by atoms with van der Waals surface area (Å²) in [6, 6.07) is 8.38. The zero-order chi connectivity index (χ0) is 15.0. The van der Waals surface area contributed by atoms with E-state index in [9.17, 15) is 14.4 Å². The molecule has 2 aromatic rings. The van der Waals surface area contributed by atoms with E-state index < -0.39 is 0 Å². The van der Waals surface area contributed by atoms with Crippen LogP contribution in [0.2, 0.25) is 0 Å². The number of carbonyl (C=O) groups excluding carboxylic acids is 2. The Labute approximate surface area is 120 Å². The highest BCUT2D eigenvalue weighted by molar-refractivity contribution is 6.20. The molecule has 6 nitrogen and oxygen atoms in total. The van der Waals surface area contributed by atoms with E-state index in [2.05, 4.69) is 10.2 Å². The summed E-state index contributed by atoms with van der Waals surface area (Å²) >= 11 is 0. The zero-order valence-electron chi connectivity index (χ0n) is 11.4. The van der Waals surface area contributed by atoms with Crippen LogP contribution in [0, 0.1) is 6.92 Å². The standard InChI is InChI=1S/C15H13N3O3/c1-9-8-10(11-3-5-13(19)17-16-11)2-4-12(9)18-14(20)6-7-15(18)21/h2-5,8H,6-7H2,1H3,(H,17,19). The number of amides is 2. The monoisotopic (exact) mass is 283 g/mol. The van der Waals surface area contributed by atoms with Crippen molar-refractivity contribution in [3.8, 4) is 11.3 Å². The molecular weight excluding hydrogens is 270 g/mol. The lowest BCUT2D eigenvalue weighted by Crippen LogP contribution is -2.29. The number of aromatic amines is 1. The first-order valence-corrected chi connectivity index (χ1v) is 6.59. The van der Waals surface area contributed by atoms with E-state index in [-0.39, 0.29) is 30.2 Å². The van der Waals surface area contributed by atoms with Gasteiger partial charge in [0.25, 0.3) is 5.56 Å². The Morgan fingerprint density at radius 2 is 1.76 bits per heavy atom. The molecule has 1 saturated heterocycles. The molecule has 1 aromatic heterocycles. The van der Waals surface area contributed by atoms with Crippen molar-refractivity contribution in [3.63, 3.8) is 0 Å². The molecule has 1 N–H and O–H groups in total. The van der Waals surface area contributed by atoms with E-state index in [1.165, 1.54) is 11.0 Å². The van der Waals surface area contributed by atoms with E-state index in [0.29, 0.717) is 11.4 Å². The summed E-state index contributed by atoms with van der Waals surface area (Å²) in [4.78, 5) is 35.8. The number of anilines is 1. The van der Waals surface area contributed by atoms with Gasteiger partial charge in [-0.1, -0.05) is 6.07 Å². The number of nitrogens with one attached hydrogen (secondary N) is 1. The summed E-state index contributed by atoms with van der Waals surface area (Å²) in [6.07, 6.45) is 0.531. The molecular formula is C15H13N3O3. The average Bonchev–Trinajstić information content (AvgIpc) is 2.79. The van der Waals surface area contributed by atoms with E-state index in [0.717, 1.165) is 11.1 Å². The van der Waals surface area contributed by atoms with Crippen molar-refractivity contribution < 1.29 is 9.59 Å². The van der Waals surface area contributed by atoms with E-state index >= 15 is 0 Å². The minimum absolute atomic E-state index is 0.169. The van der Waals surface area contributed by atoms with E-state index in [1.807, 2.05) is 13.0 Å². The smallest absolute Gasteiger partial charge is 0.264 e. The van der Waals surface area contributed by atoms with Gasteiger partial charge in [-0.15, -0.1) is 0 Å². The molecule has 1 aliphatic rings. The second-order valence-electron chi connectivity index (χ2n) is 4.93. The van der Waals surface area contributed by atoms with Gasteiger partial charge in [-0.25, -0.2) is 5.10 Å². The molecule has 21 heavy (non-hydrogen) atoms. The second kappa shape index (κ2) is 4.97. The summed E-state index contributed by atoms with van der Waals surface area (Å²) in [5, 5.41) is 6.34. The van der Waals surface area contributed by atoms with Gasteiger partial charge in [0.15, 0.2) is 0 Å². The first kappa shape index (κ1) is 13.2. The van der Waals surface area contributed by atoms with Gasteiger partial charge in [-0.3, -0.25) is 19.3 Å². The molecule has 2 heterocycles. The van der Waals surface area contributed by atoms with Crippen LogP contribution in [-0.4, -0.2) is 22.0 Å². The van der Waals surface area contributed by atoms with Crippen LogP contribution in [0.25, 0.3) is 11.3 Å². The third-order valence-corrected chi connectivity index (χ3v) is 3.46. The fraction of sp³-hybridized carbons (Fsp3) is 0.200. The quantitative estimate of drug-likeness (QED) is 0.844.